The van der Waals surface area contributed by atoms with Gasteiger partial charge in [-0.05, 0) is 59.3 Å². The normalized spacial score (nSPS) is 22.6. The van der Waals surface area contributed by atoms with Gasteiger partial charge in [0.25, 0.3) is 5.91 Å². The standard InChI is InChI=1S/C23H42N6O8/c1-23(2,3)37-22(34)26-11-7-5-9-14(24)18(30)28-16-13-36-12-8-6-10-15(21(33)35-4)27-20(32)17(25)29-19(16)31/h14-17H,5-13,24-25H2,1-4H3,(H,26,34)(H,27,32)(H,28,30)(H,29,31)/t14-,15-,16-,17+/m0/s1. The van der Waals surface area contributed by atoms with Gasteiger partial charge in [0.1, 0.15) is 17.7 Å². The maximum atomic E-state index is 12.7. The summed E-state index contributed by atoms with van der Waals surface area (Å²) in [6.45, 7) is 5.77. The van der Waals surface area contributed by atoms with E-state index in [2.05, 4.69) is 21.3 Å². The highest BCUT2D eigenvalue weighted by molar-refractivity contribution is 5.94. The number of amides is 4. The zero-order chi connectivity index (χ0) is 28.0. The smallest absolute Gasteiger partial charge is 0.407 e. The number of methoxy groups -OCH3 is 1. The van der Waals surface area contributed by atoms with Crippen LogP contribution in [0, 0.1) is 0 Å². The molecule has 0 unspecified atom stereocenters. The van der Waals surface area contributed by atoms with Crippen molar-refractivity contribution in [2.45, 2.75) is 89.2 Å². The Morgan fingerprint density at radius 1 is 1.14 bits per heavy atom. The lowest BCUT2D eigenvalue weighted by Gasteiger charge is -2.23. The summed E-state index contributed by atoms with van der Waals surface area (Å²) >= 11 is 0. The van der Waals surface area contributed by atoms with Crippen LogP contribution < -0.4 is 32.7 Å². The maximum Gasteiger partial charge on any atom is 0.407 e. The molecule has 0 spiro atoms. The van der Waals surface area contributed by atoms with Crippen LogP contribution in [0.2, 0.25) is 0 Å². The third kappa shape index (κ3) is 13.2. The lowest BCUT2D eigenvalue weighted by atomic mass is 10.1. The molecule has 0 saturated carbocycles. The van der Waals surface area contributed by atoms with Gasteiger partial charge in [0, 0.05) is 13.2 Å². The van der Waals surface area contributed by atoms with Crippen LogP contribution >= 0.6 is 0 Å². The van der Waals surface area contributed by atoms with Crippen molar-refractivity contribution in [3.05, 3.63) is 0 Å². The molecule has 37 heavy (non-hydrogen) atoms. The van der Waals surface area contributed by atoms with Gasteiger partial charge in [0.05, 0.1) is 19.8 Å². The molecule has 0 bridgehead atoms. The molecule has 0 aromatic rings. The second-order valence-corrected chi connectivity index (χ2v) is 9.73. The van der Waals surface area contributed by atoms with E-state index in [9.17, 15) is 24.0 Å². The summed E-state index contributed by atoms with van der Waals surface area (Å²) < 4.78 is 15.4. The van der Waals surface area contributed by atoms with Crippen molar-refractivity contribution in [1.82, 2.24) is 21.3 Å². The predicted molar refractivity (Wildman–Crippen MR) is 133 cm³/mol. The average Bonchev–Trinajstić information content (AvgIpc) is 2.82. The van der Waals surface area contributed by atoms with Crippen molar-refractivity contribution in [3.63, 3.8) is 0 Å². The van der Waals surface area contributed by atoms with Crippen LogP contribution in [0.5, 0.6) is 0 Å². The fourth-order valence-corrected chi connectivity index (χ4v) is 3.31. The number of hydrogen-bond acceptors (Lipinski definition) is 10. The topological polar surface area (TPSA) is 213 Å². The number of rotatable bonds is 8. The zero-order valence-electron chi connectivity index (χ0n) is 22.1. The maximum absolute atomic E-state index is 12.7. The number of nitrogens with one attached hydrogen (secondary N) is 4. The summed E-state index contributed by atoms with van der Waals surface area (Å²) in [6.07, 6.45) is 0.847. The molecule has 1 aliphatic heterocycles. The first-order valence-corrected chi connectivity index (χ1v) is 12.4. The first kappa shape index (κ1) is 32.1. The highest BCUT2D eigenvalue weighted by Gasteiger charge is 2.29. The minimum Gasteiger partial charge on any atom is -0.467 e. The predicted octanol–water partition coefficient (Wildman–Crippen LogP) is -1.25. The molecule has 14 nitrogen and oxygen atoms in total. The Bertz CT molecular complexity index is 788. The van der Waals surface area contributed by atoms with Crippen LogP contribution in [0.25, 0.3) is 0 Å². The Balaban J connectivity index is 2.59. The number of alkyl carbamates (subject to hydrolysis) is 1. The Labute approximate surface area is 217 Å². The van der Waals surface area contributed by atoms with Gasteiger partial charge in [-0.2, -0.15) is 0 Å². The van der Waals surface area contributed by atoms with Gasteiger partial charge in [-0.15, -0.1) is 0 Å². The first-order chi connectivity index (χ1) is 17.3. The van der Waals surface area contributed by atoms with Gasteiger partial charge in [-0.3, -0.25) is 14.4 Å². The Morgan fingerprint density at radius 3 is 2.49 bits per heavy atom. The van der Waals surface area contributed by atoms with E-state index in [1.807, 2.05) is 0 Å². The molecule has 0 aromatic heterocycles. The largest absolute Gasteiger partial charge is 0.467 e. The number of nitrogens with two attached hydrogens (primary N) is 2. The minimum absolute atomic E-state index is 0.154. The second-order valence-electron chi connectivity index (χ2n) is 9.73. The molecule has 1 heterocycles. The van der Waals surface area contributed by atoms with Crippen LogP contribution in [0.15, 0.2) is 0 Å². The van der Waals surface area contributed by atoms with Crippen LogP contribution in [0.4, 0.5) is 4.79 Å². The van der Waals surface area contributed by atoms with Gasteiger partial charge in [0.2, 0.25) is 11.8 Å². The average molecular weight is 531 g/mol. The summed E-state index contributed by atoms with van der Waals surface area (Å²) in [4.78, 5) is 61.3. The van der Waals surface area contributed by atoms with Crippen LogP contribution in [-0.2, 0) is 33.4 Å². The van der Waals surface area contributed by atoms with Crippen molar-refractivity contribution < 1.29 is 38.2 Å². The summed E-state index contributed by atoms with van der Waals surface area (Å²) in [6, 6.07) is -2.95. The van der Waals surface area contributed by atoms with E-state index in [-0.39, 0.29) is 13.2 Å². The number of carbonyl (C=O) groups excluding carboxylic acids is 5. The van der Waals surface area contributed by atoms with E-state index in [1.165, 1.54) is 7.11 Å². The molecule has 212 valence electrons. The molecule has 1 aliphatic rings. The summed E-state index contributed by atoms with van der Waals surface area (Å²) in [5.74, 6) is -2.70. The van der Waals surface area contributed by atoms with E-state index in [0.29, 0.717) is 45.1 Å². The molecule has 1 saturated heterocycles. The molecule has 8 N–H and O–H groups in total. The quantitative estimate of drug-likeness (QED) is 0.162. The summed E-state index contributed by atoms with van der Waals surface area (Å²) in [5, 5.41) is 9.95. The minimum atomic E-state index is -1.47. The lowest BCUT2D eigenvalue weighted by molar-refractivity contribution is -0.145. The fourth-order valence-electron chi connectivity index (χ4n) is 3.31. The van der Waals surface area contributed by atoms with Crippen LogP contribution in [0.1, 0.15) is 59.3 Å². The first-order valence-electron chi connectivity index (χ1n) is 12.4. The number of carbonyl (C=O) groups is 5. The Morgan fingerprint density at radius 2 is 1.84 bits per heavy atom. The summed E-state index contributed by atoms with van der Waals surface area (Å²) in [7, 11) is 1.21. The van der Waals surface area contributed by atoms with Crippen molar-refractivity contribution in [2.75, 3.05) is 26.9 Å². The Kier molecular flexibility index (Phi) is 13.9. The SMILES string of the molecule is COC(=O)[C@@H]1CCCCOC[C@H](NC(=O)[C@@H](N)CCCCNC(=O)OC(C)(C)C)C(=O)N[C@@H](N)C(=O)N1. The van der Waals surface area contributed by atoms with Gasteiger partial charge in [-0.25, -0.2) is 9.59 Å². The molecule has 1 rings (SSSR count). The highest BCUT2D eigenvalue weighted by Crippen LogP contribution is 2.07. The molecule has 1 fully saturated rings. The molecular formula is C23H42N6O8. The van der Waals surface area contributed by atoms with E-state index < -0.39 is 59.7 Å². The van der Waals surface area contributed by atoms with Gasteiger partial charge < -0.3 is 46.9 Å². The van der Waals surface area contributed by atoms with Gasteiger partial charge in [0.15, 0.2) is 6.17 Å². The molecule has 0 aliphatic carbocycles. The van der Waals surface area contributed by atoms with Gasteiger partial charge >= 0.3 is 12.1 Å². The van der Waals surface area contributed by atoms with Crippen molar-refractivity contribution in [3.8, 4) is 0 Å². The lowest BCUT2D eigenvalue weighted by Crippen LogP contribution is -2.60. The molecular weight excluding hydrogens is 488 g/mol. The fraction of sp³-hybridized carbons (Fsp3) is 0.783. The van der Waals surface area contributed by atoms with Crippen molar-refractivity contribution in [1.29, 1.82) is 0 Å². The Hall–Kier alpha value is -2.97. The third-order valence-electron chi connectivity index (χ3n) is 5.28. The van der Waals surface area contributed by atoms with Crippen molar-refractivity contribution in [2.24, 2.45) is 11.5 Å². The van der Waals surface area contributed by atoms with E-state index >= 15 is 0 Å². The second kappa shape index (κ2) is 16.0. The monoisotopic (exact) mass is 530 g/mol. The van der Waals surface area contributed by atoms with Crippen molar-refractivity contribution >= 4 is 29.8 Å². The number of ether oxygens (including phenoxy) is 3. The molecule has 0 radical (unpaired) electrons. The van der Waals surface area contributed by atoms with E-state index in [0.717, 1.165) is 0 Å². The van der Waals surface area contributed by atoms with E-state index in [4.69, 9.17) is 25.7 Å². The summed E-state index contributed by atoms with van der Waals surface area (Å²) in [5.41, 5.74) is 11.2. The number of hydrogen-bond donors (Lipinski definition) is 6. The third-order valence-corrected chi connectivity index (χ3v) is 5.28. The molecule has 0 aromatic carbocycles. The molecule has 4 amide bonds. The van der Waals surface area contributed by atoms with Crippen LogP contribution in [0.3, 0.4) is 0 Å². The highest BCUT2D eigenvalue weighted by atomic mass is 16.6. The molecule has 14 heteroatoms. The van der Waals surface area contributed by atoms with Gasteiger partial charge in [-0.1, -0.05) is 0 Å². The number of unbranched alkanes of at least 4 members (excludes halogenated alkanes) is 1. The van der Waals surface area contributed by atoms with Crippen LogP contribution in [-0.4, -0.2) is 86.5 Å². The number of esters is 1. The molecule has 4 atom stereocenters. The zero-order valence-corrected chi connectivity index (χ0v) is 22.1. The van der Waals surface area contributed by atoms with E-state index in [1.54, 1.807) is 20.8 Å².